The molecule has 0 aromatic carbocycles. The van der Waals surface area contributed by atoms with Gasteiger partial charge < -0.3 is 4.90 Å². The molecule has 0 spiro atoms. The molecular formula is C12H20N2. The van der Waals surface area contributed by atoms with Gasteiger partial charge in [0, 0.05) is 26.2 Å². The van der Waals surface area contributed by atoms with Crippen LogP contribution in [0.2, 0.25) is 0 Å². The van der Waals surface area contributed by atoms with Crippen LogP contribution in [0.3, 0.4) is 0 Å². The zero-order valence-corrected chi connectivity index (χ0v) is 9.45. The van der Waals surface area contributed by atoms with Crippen molar-refractivity contribution in [3.8, 4) is 0 Å². The molecule has 2 rings (SSSR count). The third kappa shape index (κ3) is 2.72. The minimum absolute atomic E-state index is 1.10. The average Bonchev–Trinajstić information content (AvgIpc) is 2.62. The van der Waals surface area contributed by atoms with Crippen LogP contribution >= 0.6 is 0 Å². The molecule has 0 saturated heterocycles. The Kier molecular flexibility index (Phi) is 4.44. The molecule has 78 valence electrons. The summed E-state index contributed by atoms with van der Waals surface area (Å²) in [4.78, 5) is 6.51. The van der Waals surface area contributed by atoms with Crippen molar-refractivity contribution in [2.24, 2.45) is 0 Å². The molecule has 0 amide bonds. The summed E-state index contributed by atoms with van der Waals surface area (Å²) in [7, 11) is 2.10. The molecule has 0 atom stereocenters. The highest BCUT2D eigenvalue weighted by atomic mass is 15.1. The zero-order chi connectivity index (χ0) is 10.4. The molecular weight excluding hydrogens is 172 g/mol. The van der Waals surface area contributed by atoms with Gasteiger partial charge in [0.2, 0.25) is 0 Å². The van der Waals surface area contributed by atoms with Gasteiger partial charge >= 0.3 is 0 Å². The van der Waals surface area contributed by atoms with E-state index >= 15 is 0 Å². The van der Waals surface area contributed by atoms with Crippen LogP contribution < -0.4 is 4.90 Å². The first kappa shape index (κ1) is 11.0. The van der Waals surface area contributed by atoms with Crippen molar-refractivity contribution in [1.82, 2.24) is 4.98 Å². The third-order valence-electron chi connectivity index (χ3n) is 2.46. The summed E-state index contributed by atoms with van der Waals surface area (Å²) in [5.74, 6) is 0. The second-order valence-corrected chi connectivity index (χ2v) is 3.64. The van der Waals surface area contributed by atoms with Crippen molar-refractivity contribution in [2.75, 3.05) is 18.5 Å². The normalized spacial score (nSPS) is 13.2. The predicted molar refractivity (Wildman–Crippen MR) is 61.8 cm³/mol. The second kappa shape index (κ2) is 5.63. The predicted octanol–water partition coefficient (Wildman–Crippen LogP) is 2.88. The number of aromatic nitrogens is 1. The minimum Gasteiger partial charge on any atom is -0.373 e. The number of hydrogen-bond acceptors (Lipinski definition) is 2. The molecule has 0 N–H and O–H groups in total. The molecule has 0 unspecified atom stereocenters. The molecule has 2 heteroatoms. The molecule has 2 nitrogen and oxygen atoms in total. The van der Waals surface area contributed by atoms with E-state index < -0.39 is 0 Å². The van der Waals surface area contributed by atoms with Gasteiger partial charge in [-0.2, -0.15) is 0 Å². The fourth-order valence-electron chi connectivity index (χ4n) is 1.36. The highest BCUT2D eigenvalue weighted by molar-refractivity contribution is 5.53. The van der Waals surface area contributed by atoms with Gasteiger partial charge in [0.15, 0.2) is 0 Å². The lowest BCUT2D eigenvalue weighted by Crippen LogP contribution is -2.12. The monoisotopic (exact) mass is 192 g/mol. The molecule has 1 aliphatic rings. The van der Waals surface area contributed by atoms with Crippen LogP contribution in [0, 0.1) is 0 Å². The summed E-state index contributed by atoms with van der Waals surface area (Å²) in [6.45, 7) is 5.48. The van der Waals surface area contributed by atoms with Crippen LogP contribution in [0.1, 0.15) is 32.4 Å². The maximum atomic E-state index is 4.27. The van der Waals surface area contributed by atoms with E-state index in [1.807, 2.05) is 12.3 Å². The second-order valence-electron chi connectivity index (χ2n) is 3.64. The Morgan fingerprint density at radius 2 is 2.07 bits per heavy atom. The first-order chi connectivity index (χ1) is 6.79. The molecule has 1 aromatic rings. The van der Waals surface area contributed by atoms with E-state index in [9.17, 15) is 0 Å². The SMILES string of the molecule is CCCC.CN1CCc2ncccc21. The highest BCUT2D eigenvalue weighted by Crippen LogP contribution is 2.22. The van der Waals surface area contributed by atoms with Gasteiger partial charge in [-0.1, -0.05) is 26.7 Å². The molecule has 2 heterocycles. The van der Waals surface area contributed by atoms with Crippen molar-refractivity contribution in [2.45, 2.75) is 33.1 Å². The zero-order valence-electron chi connectivity index (χ0n) is 9.45. The number of hydrogen-bond donors (Lipinski definition) is 0. The minimum atomic E-state index is 1.10. The van der Waals surface area contributed by atoms with E-state index in [1.165, 1.54) is 24.2 Å². The van der Waals surface area contributed by atoms with Gasteiger partial charge in [-0.25, -0.2) is 0 Å². The quantitative estimate of drug-likeness (QED) is 0.680. The summed E-state index contributed by atoms with van der Waals surface area (Å²) in [5, 5.41) is 0. The lowest BCUT2D eigenvalue weighted by atomic mass is 10.3. The Labute approximate surface area is 87.0 Å². The van der Waals surface area contributed by atoms with Gasteiger partial charge in [0.05, 0.1) is 11.4 Å². The Morgan fingerprint density at radius 1 is 1.36 bits per heavy atom. The first-order valence-electron chi connectivity index (χ1n) is 5.44. The number of rotatable bonds is 1. The maximum Gasteiger partial charge on any atom is 0.0654 e. The summed E-state index contributed by atoms with van der Waals surface area (Å²) in [6, 6.07) is 4.11. The lowest BCUT2D eigenvalue weighted by molar-refractivity contribution is 0.886. The van der Waals surface area contributed by atoms with Crippen LogP contribution in [-0.2, 0) is 6.42 Å². The van der Waals surface area contributed by atoms with Crippen molar-refractivity contribution in [3.05, 3.63) is 24.0 Å². The topological polar surface area (TPSA) is 16.1 Å². The molecule has 1 aromatic heterocycles. The van der Waals surface area contributed by atoms with Crippen LogP contribution in [0.25, 0.3) is 0 Å². The van der Waals surface area contributed by atoms with E-state index in [-0.39, 0.29) is 0 Å². The average molecular weight is 192 g/mol. The largest absolute Gasteiger partial charge is 0.373 e. The maximum absolute atomic E-state index is 4.27. The first-order valence-corrected chi connectivity index (χ1v) is 5.44. The van der Waals surface area contributed by atoms with Crippen LogP contribution in [0.4, 0.5) is 5.69 Å². The van der Waals surface area contributed by atoms with Gasteiger partial charge in [-0.05, 0) is 12.1 Å². The van der Waals surface area contributed by atoms with Crippen LogP contribution in [0.5, 0.6) is 0 Å². The fraction of sp³-hybridized carbons (Fsp3) is 0.583. The van der Waals surface area contributed by atoms with E-state index in [0.717, 1.165) is 13.0 Å². The van der Waals surface area contributed by atoms with Crippen LogP contribution in [-0.4, -0.2) is 18.6 Å². The van der Waals surface area contributed by atoms with Crippen molar-refractivity contribution in [3.63, 3.8) is 0 Å². The van der Waals surface area contributed by atoms with Crippen molar-refractivity contribution < 1.29 is 0 Å². The summed E-state index contributed by atoms with van der Waals surface area (Å²) in [6.07, 6.45) is 5.60. The van der Waals surface area contributed by atoms with Crippen molar-refractivity contribution in [1.29, 1.82) is 0 Å². The molecule has 0 fully saturated rings. The van der Waals surface area contributed by atoms with E-state index in [2.05, 4.69) is 36.8 Å². The van der Waals surface area contributed by atoms with Crippen molar-refractivity contribution >= 4 is 5.69 Å². The number of fused-ring (bicyclic) bond motifs is 1. The Hall–Kier alpha value is -1.05. The highest BCUT2D eigenvalue weighted by Gasteiger charge is 2.14. The standard InChI is InChI=1S/C8H10N2.C4H10/c1-10-6-4-7-8(10)3-2-5-9-7;1-3-4-2/h2-3,5H,4,6H2,1H3;3-4H2,1-2H3. The molecule has 14 heavy (non-hydrogen) atoms. The Balaban J connectivity index is 0.000000213. The smallest absolute Gasteiger partial charge is 0.0654 e. The number of nitrogens with zero attached hydrogens (tertiary/aromatic N) is 2. The van der Waals surface area contributed by atoms with Gasteiger partial charge in [0.25, 0.3) is 0 Å². The van der Waals surface area contributed by atoms with Gasteiger partial charge in [-0.3, -0.25) is 4.98 Å². The number of pyridine rings is 1. The van der Waals surface area contributed by atoms with Gasteiger partial charge in [-0.15, -0.1) is 0 Å². The Bertz CT molecular complexity index is 269. The molecule has 0 radical (unpaired) electrons. The summed E-state index contributed by atoms with van der Waals surface area (Å²) in [5.41, 5.74) is 2.53. The van der Waals surface area contributed by atoms with E-state index in [4.69, 9.17) is 0 Å². The number of unbranched alkanes of at least 4 members (excludes halogenated alkanes) is 1. The van der Waals surface area contributed by atoms with E-state index in [1.54, 1.807) is 0 Å². The molecule has 0 bridgehead atoms. The number of anilines is 1. The fourth-order valence-corrected chi connectivity index (χ4v) is 1.36. The summed E-state index contributed by atoms with van der Waals surface area (Å²) >= 11 is 0. The van der Waals surface area contributed by atoms with Crippen LogP contribution in [0.15, 0.2) is 18.3 Å². The molecule has 1 aliphatic heterocycles. The van der Waals surface area contributed by atoms with E-state index in [0.29, 0.717) is 0 Å². The third-order valence-corrected chi connectivity index (χ3v) is 2.46. The molecule has 0 aliphatic carbocycles. The Morgan fingerprint density at radius 3 is 2.64 bits per heavy atom. The van der Waals surface area contributed by atoms with Gasteiger partial charge in [0.1, 0.15) is 0 Å². The molecule has 0 saturated carbocycles. The lowest BCUT2D eigenvalue weighted by Gasteiger charge is -2.09. The number of likely N-dealkylation sites (N-methyl/N-ethyl adjacent to an activating group) is 1. The summed E-state index contributed by atoms with van der Waals surface area (Å²) < 4.78 is 0.